The molecule has 0 aromatic heterocycles. The van der Waals surface area contributed by atoms with E-state index in [0.29, 0.717) is 36.4 Å². The molecule has 2 aromatic carbocycles. The summed E-state index contributed by atoms with van der Waals surface area (Å²) in [6, 6.07) is 14.4. The average Bonchev–Trinajstić information content (AvgIpc) is 3.77. The van der Waals surface area contributed by atoms with Crippen LogP contribution >= 0.6 is 11.6 Å². The number of piperidine rings is 2. The third-order valence-electron chi connectivity index (χ3n) is 10.7. The number of fused-ring (bicyclic) bond motifs is 3. The number of ether oxygens (including phenoxy) is 1. The van der Waals surface area contributed by atoms with Crippen LogP contribution in [0, 0.1) is 17.8 Å². The molecule has 2 saturated carbocycles. The van der Waals surface area contributed by atoms with Gasteiger partial charge in [0.1, 0.15) is 12.6 Å². The third kappa shape index (κ3) is 6.73. The molecule has 5 aliphatic rings. The highest BCUT2D eigenvalue weighted by Gasteiger charge is 2.56. The molecule has 2 aromatic rings. The molecule has 3 saturated heterocycles. The van der Waals surface area contributed by atoms with E-state index in [9.17, 15) is 24.3 Å². The SMILES string of the molecule is O=C1NCC[C@H]1C[C@H](NC(=O)[C@@H]1C2CCC(CC2)N1C(=O)C(O)(c1ccc(Cl)cc1)C1CCCC1)C(=O)COCc1ccccc1. The van der Waals surface area contributed by atoms with Gasteiger partial charge in [0.25, 0.3) is 5.91 Å². The smallest absolute Gasteiger partial charge is 0.260 e. The number of rotatable bonds is 12. The van der Waals surface area contributed by atoms with Gasteiger partial charge in [0.15, 0.2) is 11.4 Å². The second-order valence-corrected chi connectivity index (χ2v) is 13.9. The standard InChI is InChI=1S/C36H44ClN3O6/c37-28-14-12-27(13-15-28)36(45,26-8-4-5-9-26)35(44)40-29-16-10-24(11-17-29)32(40)34(43)39-30(20-25-18-19-38-33(25)42)31(41)22-46-21-23-6-2-1-3-7-23/h1-3,6-7,12-15,24-26,29-30,32,45H,4-5,8-11,16-22H2,(H,38,42)(H,39,43)/t24?,25-,29?,30-,32-,36?/m0/s1. The van der Waals surface area contributed by atoms with Gasteiger partial charge in [-0.05, 0) is 80.5 Å². The molecule has 9 nitrogen and oxygen atoms in total. The van der Waals surface area contributed by atoms with Gasteiger partial charge in [-0.3, -0.25) is 19.2 Å². The molecule has 2 bridgehead atoms. The van der Waals surface area contributed by atoms with Crippen LogP contribution < -0.4 is 10.6 Å². The molecule has 46 heavy (non-hydrogen) atoms. The highest BCUT2D eigenvalue weighted by atomic mass is 35.5. The van der Waals surface area contributed by atoms with Crippen molar-refractivity contribution in [3.05, 3.63) is 70.7 Å². The molecule has 0 spiro atoms. The summed E-state index contributed by atoms with van der Waals surface area (Å²) < 4.78 is 5.74. The Morgan fingerprint density at radius 1 is 0.978 bits per heavy atom. The van der Waals surface area contributed by atoms with Crippen LogP contribution in [0.4, 0.5) is 0 Å². The van der Waals surface area contributed by atoms with Gasteiger partial charge in [0.2, 0.25) is 11.8 Å². The number of carbonyl (C=O) groups is 4. The molecule has 5 fully saturated rings. The number of nitrogens with zero attached hydrogens (tertiary/aromatic N) is 1. The van der Waals surface area contributed by atoms with E-state index in [1.165, 1.54) is 0 Å². The molecular formula is C36H44ClN3O6. The van der Waals surface area contributed by atoms with E-state index in [-0.39, 0.29) is 49.2 Å². The van der Waals surface area contributed by atoms with E-state index in [4.69, 9.17) is 16.3 Å². The number of Topliss-reactive ketones (excluding diaryl/α,β-unsaturated/α-hetero) is 1. The second kappa shape index (κ2) is 14.2. The molecule has 3 amide bonds. The van der Waals surface area contributed by atoms with Crippen molar-refractivity contribution < 1.29 is 29.0 Å². The summed E-state index contributed by atoms with van der Waals surface area (Å²) in [5.74, 6) is -2.06. The summed E-state index contributed by atoms with van der Waals surface area (Å²) >= 11 is 6.18. The number of hydrogen-bond donors (Lipinski definition) is 3. The number of benzene rings is 2. The van der Waals surface area contributed by atoms with Gasteiger partial charge >= 0.3 is 0 Å². The number of nitrogens with one attached hydrogen (secondary N) is 2. The summed E-state index contributed by atoms with van der Waals surface area (Å²) in [6.45, 7) is 0.559. The first-order valence-electron chi connectivity index (χ1n) is 16.8. The lowest BCUT2D eigenvalue weighted by molar-refractivity contribution is -0.176. The quantitative estimate of drug-likeness (QED) is 0.315. The van der Waals surface area contributed by atoms with E-state index in [0.717, 1.165) is 44.1 Å². The van der Waals surface area contributed by atoms with E-state index in [1.54, 1.807) is 29.2 Å². The number of carbonyl (C=O) groups excluding carboxylic acids is 4. The van der Waals surface area contributed by atoms with Crippen LogP contribution in [0.5, 0.6) is 0 Å². The first kappa shape index (κ1) is 32.7. The van der Waals surface area contributed by atoms with E-state index >= 15 is 0 Å². The Morgan fingerprint density at radius 2 is 1.67 bits per heavy atom. The van der Waals surface area contributed by atoms with Crippen LogP contribution in [-0.4, -0.2) is 64.8 Å². The average molecular weight is 650 g/mol. The van der Waals surface area contributed by atoms with Crippen molar-refractivity contribution in [2.75, 3.05) is 13.2 Å². The first-order chi connectivity index (χ1) is 22.3. The molecular weight excluding hydrogens is 606 g/mol. The Labute approximate surface area is 275 Å². The molecule has 3 heterocycles. The largest absolute Gasteiger partial charge is 0.375 e. The summed E-state index contributed by atoms with van der Waals surface area (Å²) in [6.07, 6.45) is 7.13. The van der Waals surface area contributed by atoms with Crippen LogP contribution in [0.15, 0.2) is 54.6 Å². The van der Waals surface area contributed by atoms with E-state index < -0.39 is 35.4 Å². The highest BCUT2D eigenvalue weighted by molar-refractivity contribution is 6.30. The highest BCUT2D eigenvalue weighted by Crippen LogP contribution is 2.47. The maximum atomic E-state index is 14.7. The topological polar surface area (TPSA) is 125 Å². The maximum absolute atomic E-state index is 14.7. The van der Waals surface area contributed by atoms with Gasteiger partial charge in [-0.25, -0.2) is 0 Å². The summed E-state index contributed by atoms with van der Waals surface area (Å²) in [7, 11) is 0. The lowest BCUT2D eigenvalue weighted by Gasteiger charge is -2.53. The number of aliphatic hydroxyl groups is 1. The Hall–Kier alpha value is -3.27. The minimum absolute atomic E-state index is 0.0909. The van der Waals surface area contributed by atoms with Crippen LogP contribution in [0.25, 0.3) is 0 Å². The summed E-state index contributed by atoms with van der Waals surface area (Å²) in [4.78, 5) is 56.8. The second-order valence-electron chi connectivity index (χ2n) is 13.5. The molecule has 3 N–H and O–H groups in total. The molecule has 4 atom stereocenters. The van der Waals surface area contributed by atoms with Crippen LogP contribution in [0.2, 0.25) is 5.02 Å². The molecule has 10 heteroatoms. The Balaban J connectivity index is 1.24. The van der Waals surface area contributed by atoms with Gasteiger partial charge in [-0.2, -0.15) is 0 Å². The molecule has 3 aliphatic heterocycles. The third-order valence-corrected chi connectivity index (χ3v) is 10.9. The zero-order valence-electron chi connectivity index (χ0n) is 26.2. The number of ketones is 1. The lowest BCUT2D eigenvalue weighted by Crippen LogP contribution is -2.67. The molecule has 7 rings (SSSR count). The van der Waals surface area contributed by atoms with Gasteiger partial charge in [0, 0.05) is 29.4 Å². The van der Waals surface area contributed by atoms with Crippen molar-refractivity contribution in [1.82, 2.24) is 15.5 Å². The normalized spacial score (nSPS) is 26.4. The van der Waals surface area contributed by atoms with Crippen molar-refractivity contribution in [2.45, 2.75) is 94.5 Å². The molecule has 2 aliphatic carbocycles. The van der Waals surface area contributed by atoms with Gasteiger partial charge in [-0.15, -0.1) is 0 Å². The fourth-order valence-corrected chi connectivity index (χ4v) is 8.31. The first-order valence-corrected chi connectivity index (χ1v) is 17.2. The monoisotopic (exact) mass is 649 g/mol. The number of hydrogen-bond acceptors (Lipinski definition) is 6. The van der Waals surface area contributed by atoms with E-state index in [2.05, 4.69) is 10.6 Å². The lowest BCUT2D eigenvalue weighted by atomic mass is 9.71. The van der Waals surface area contributed by atoms with Crippen molar-refractivity contribution in [3.8, 4) is 0 Å². The minimum atomic E-state index is -1.79. The van der Waals surface area contributed by atoms with E-state index in [1.807, 2.05) is 30.3 Å². The number of halogens is 1. The van der Waals surface area contributed by atoms with Crippen molar-refractivity contribution in [2.24, 2.45) is 17.8 Å². The fourth-order valence-electron chi connectivity index (χ4n) is 8.19. The van der Waals surface area contributed by atoms with Crippen LogP contribution in [0.1, 0.15) is 75.3 Å². The maximum Gasteiger partial charge on any atom is 0.260 e. The summed E-state index contributed by atoms with van der Waals surface area (Å²) in [5.41, 5.74) is -0.376. The van der Waals surface area contributed by atoms with Crippen LogP contribution in [-0.2, 0) is 36.1 Å². The molecule has 246 valence electrons. The van der Waals surface area contributed by atoms with Crippen molar-refractivity contribution in [3.63, 3.8) is 0 Å². The molecule has 0 radical (unpaired) electrons. The Kier molecular flexibility index (Phi) is 10.1. The van der Waals surface area contributed by atoms with Crippen molar-refractivity contribution in [1.29, 1.82) is 0 Å². The minimum Gasteiger partial charge on any atom is -0.375 e. The predicted molar refractivity (Wildman–Crippen MR) is 172 cm³/mol. The Morgan fingerprint density at radius 3 is 2.33 bits per heavy atom. The zero-order chi connectivity index (χ0) is 32.3. The van der Waals surface area contributed by atoms with Gasteiger partial charge in [0.05, 0.1) is 12.6 Å². The van der Waals surface area contributed by atoms with Gasteiger partial charge < -0.3 is 25.4 Å². The van der Waals surface area contributed by atoms with Crippen LogP contribution in [0.3, 0.4) is 0 Å². The zero-order valence-corrected chi connectivity index (χ0v) is 26.9. The number of amides is 3. The van der Waals surface area contributed by atoms with Gasteiger partial charge in [-0.1, -0.05) is 66.9 Å². The Bertz CT molecular complexity index is 1410. The fraction of sp³-hybridized carbons (Fsp3) is 0.556. The molecule has 1 unspecified atom stereocenters. The predicted octanol–water partition coefficient (Wildman–Crippen LogP) is 4.28. The van der Waals surface area contributed by atoms with Crippen molar-refractivity contribution >= 4 is 35.1 Å². The summed E-state index contributed by atoms with van der Waals surface area (Å²) in [5, 5.41) is 18.7.